The van der Waals surface area contributed by atoms with Crippen LogP contribution in [0.25, 0.3) is 0 Å². The Morgan fingerprint density at radius 1 is 1.43 bits per heavy atom. The van der Waals surface area contributed by atoms with E-state index in [-0.39, 0.29) is 19.7 Å². The molecule has 1 unspecified atom stereocenters. The first-order chi connectivity index (χ1) is 9.75. The van der Waals surface area contributed by atoms with E-state index < -0.39 is 29.6 Å². The van der Waals surface area contributed by atoms with E-state index in [1.165, 1.54) is 30.8 Å². The first kappa shape index (κ1) is 17.2. The average Bonchev–Trinajstić information content (AvgIpc) is 2.46. The van der Waals surface area contributed by atoms with E-state index >= 15 is 0 Å². The third-order valence-corrected chi connectivity index (χ3v) is 3.55. The fourth-order valence-electron chi connectivity index (χ4n) is 2.15. The molecule has 0 saturated carbocycles. The van der Waals surface area contributed by atoms with Crippen LogP contribution in [0, 0.1) is 0 Å². The van der Waals surface area contributed by atoms with Gasteiger partial charge in [0.15, 0.2) is 6.10 Å². The standard InChI is InChI=1S/C13H22N2O6/c1-5-15(13(2,3)11(17)18)12(19)14-6-7-21-9(8-14)10(16)20-4/h9H,5-8H2,1-4H3,(H,17,18). The maximum absolute atomic E-state index is 12.5. The lowest BCUT2D eigenvalue weighted by molar-refractivity contribution is -0.159. The number of methoxy groups -OCH3 is 1. The Morgan fingerprint density at radius 3 is 2.52 bits per heavy atom. The van der Waals surface area contributed by atoms with Crippen LogP contribution in [0.5, 0.6) is 0 Å². The fourth-order valence-corrected chi connectivity index (χ4v) is 2.15. The van der Waals surface area contributed by atoms with Gasteiger partial charge in [-0.3, -0.25) is 0 Å². The molecular weight excluding hydrogens is 280 g/mol. The number of hydrogen-bond donors (Lipinski definition) is 1. The minimum absolute atomic E-state index is 0.0533. The number of hydrogen-bond acceptors (Lipinski definition) is 5. The minimum atomic E-state index is -1.33. The summed E-state index contributed by atoms with van der Waals surface area (Å²) in [5.74, 6) is -1.64. The molecule has 1 saturated heterocycles. The smallest absolute Gasteiger partial charge is 0.336 e. The second-order valence-corrected chi connectivity index (χ2v) is 5.22. The number of urea groups is 1. The van der Waals surface area contributed by atoms with Crippen molar-refractivity contribution in [3.63, 3.8) is 0 Å². The predicted octanol–water partition coefficient (Wildman–Crippen LogP) is 0.165. The van der Waals surface area contributed by atoms with E-state index in [1.807, 2.05) is 0 Å². The number of rotatable bonds is 4. The minimum Gasteiger partial charge on any atom is -0.480 e. The lowest BCUT2D eigenvalue weighted by atomic mass is 10.0. The molecule has 8 heteroatoms. The second kappa shape index (κ2) is 6.75. The zero-order valence-corrected chi connectivity index (χ0v) is 12.8. The Balaban J connectivity index is 2.85. The molecule has 1 heterocycles. The Labute approximate surface area is 123 Å². The number of carbonyl (C=O) groups is 3. The summed E-state index contributed by atoms with van der Waals surface area (Å²) in [5, 5.41) is 9.26. The molecule has 21 heavy (non-hydrogen) atoms. The highest BCUT2D eigenvalue weighted by Crippen LogP contribution is 2.18. The van der Waals surface area contributed by atoms with Gasteiger partial charge in [0.1, 0.15) is 5.54 Å². The number of carbonyl (C=O) groups excluding carboxylic acids is 2. The second-order valence-electron chi connectivity index (χ2n) is 5.22. The Kier molecular flexibility index (Phi) is 5.54. The number of carboxylic acids is 1. The summed E-state index contributed by atoms with van der Waals surface area (Å²) in [4.78, 5) is 38.0. The van der Waals surface area contributed by atoms with Gasteiger partial charge in [0.25, 0.3) is 0 Å². The van der Waals surface area contributed by atoms with Crippen LogP contribution >= 0.6 is 0 Å². The van der Waals surface area contributed by atoms with Crippen molar-refractivity contribution in [1.29, 1.82) is 0 Å². The van der Waals surface area contributed by atoms with Gasteiger partial charge in [-0.05, 0) is 20.8 Å². The summed E-state index contributed by atoms with van der Waals surface area (Å²) in [6, 6.07) is -0.429. The summed E-state index contributed by atoms with van der Waals surface area (Å²) in [5.41, 5.74) is -1.33. The zero-order chi connectivity index (χ0) is 16.2. The molecule has 2 amide bonds. The monoisotopic (exact) mass is 302 g/mol. The van der Waals surface area contributed by atoms with E-state index in [4.69, 9.17) is 4.74 Å². The number of nitrogens with zero attached hydrogens (tertiary/aromatic N) is 2. The third kappa shape index (κ3) is 3.63. The van der Waals surface area contributed by atoms with E-state index in [2.05, 4.69) is 4.74 Å². The highest BCUT2D eigenvalue weighted by molar-refractivity contribution is 5.86. The van der Waals surface area contributed by atoms with Crippen molar-refractivity contribution in [2.24, 2.45) is 0 Å². The normalized spacial score (nSPS) is 19.0. The number of morpholine rings is 1. The molecular formula is C13H22N2O6. The van der Waals surface area contributed by atoms with Gasteiger partial charge in [-0.1, -0.05) is 0 Å². The maximum atomic E-state index is 12.5. The quantitative estimate of drug-likeness (QED) is 0.743. The summed E-state index contributed by atoms with van der Waals surface area (Å²) in [6.07, 6.45) is -0.834. The zero-order valence-electron chi connectivity index (χ0n) is 12.8. The van der Waals surface area contributed by atoms with Gasteiger partial charge in [0.2, 0.25) is 0 Å². The number of carboxylic acid groups (broad SMARTS) is 1. The summed E-state index contributed by atoms with van der Waals surface area (Å²) >= 11 is 0. The van der Waals surface area contributed by atoms with Gasteiger partial charge in [-0.2, -0.15) is 0 Å². The molecule has 8 nitrogen and oxygen atoms in total. The van der Waals surface area contributed by atoms with Gasteiger partial charge >= 0.3 is 18.0 Å². The highest BCUT2D eigenvalue weighted by atomic mass is 16.6. The van der Waals surface area contributed by atoms with Crippen LogP contribution in [0.4, 0.5) is 4.79 Å². The van der Waals surface area contributed by atoms with Gasteiger partial charge < -0.3 is 24.4 Å². The van der Waals surface area contributed by atoms with Crippen LogP contribution in [0.1, 0.15) is 20.8 Å². The summed E-state index contributed by atoms with van der Waals surface area (Å²) < 4.78 is 9.85. The van der Waals surface area contributed by atoms with Crippen molar-refractivity contribution in [2.75, 3.05) is 33.4 Å². The van der Waals surface area contributed by atoms with E-state index in [1.54, 1.807) is 6.92 Å². The van der Waals surface area contributed by atoms with Gasteiger partial charge in [-0.25, -0.2) is 14.4 Å². The number of amides is 2. The SMILES string of the molecule is CCN(C(=O)N1CCOC(C(=O)OC)C1)C(C)(C)C(=O)O. The molecule has 120 valence electrons. The lowest BCUT2D eigenvalue weighted by Crippen LogP contribution is -2.60. The molecule has 0 aromatic carbocycles. The van der Waals surface area contributed by atoms with Crippen molar-refractivity contribution in [3.05, 3.63) is 0 Å². The molecule has 0 aliphatic carbocycles. The molecule has 1 N–H and O–H groups in total. The largest absolute Gasteiger partial charge is 0.480 e. The molecule has 1 fully saturated rings. The van der Waals surface area contributed by atoms with Crippen molar-refractivity contribution in [1.82, 2.24) is 9.80 Å². The Bertz CT molecular complexity index is 423. The number of esters is 1. The first-order valence-corrected chi connectivity index (χ1v) is 6.75. The van der Waals surface area contributed by atoms with Crippen LogP contribution in [0.2, 0.25) is 0 Å². The molecule has 1 aliphatic heterocycles. The van der Waals surface area contributed by atoms with Gasteiger partial charge in [-0.15, -0.1) is 0 Å². The highest BCUT2D eigenvalue weighted by Gasteiger charge is 2.40. The third-order valence-electron chi connectivity index (χ3n) is 3.55. The maximum Gasteiger partial charge on any atom is 0.336 e. The summed E-state index contributed by atoms with van der Waals surface area (Å²) in [7, 11) is 1.25. The van der Waals surface area contributed by atoms with Crippen molar-refractivity contribution >= 4 is 18.0 Å². The van der Waals surface area contributed by atoms with Gasteiger partial charge in [0.05, 0.1) is 20.3 Å². The van der Waals surface area contributed by atoms with E-state index in [9.17, 15) is 19.5 Å². The Hall–Kier alpha value is -1.83. The molecule has 0 spiro atoms. The van der Waals surface area contributed by atoms with E-state index in [0.717, 1.165) is 0 Å². The topological polar surface area (TPSA) is 96.4 Å². The van der Waals surface area contributed by atoms with Crippen molar-refractivity contribution < 1.29 is 29.0 Å². The van der Waals surface area contributed by atoms with Crippen molar-refractivity contribution in [3.8, 4) is 0 Å². The number of ether oxygens (including phenoxy) is 2. The number of aliphatic carboxylic acids is 1. The van der Waals surface area contributed by atoms with E-state index in [0.29, 0.717) is 6.54 Å². The van der Waals surface area contributed by atoms with Crippen LogP contribution in [0.3, 0.4) is 0 Å². The molecule has 0 radical (unpaired) electrons. The molecule has 0 bridgehead atoms. The van der Waals surface area contributed by atoms with Crippen molar-refractivity contribution in [2.45, 2.75) is 32.4 Å². The van der Waals surface area contributed by atoms with Crippen LogP contribution in [0.15, 0.2) is 0 Å². The van der Waals surface area contributed by atoms with Crippen LogP contribution < -0.4 is 0 Å². The molecule has 0 aromatic rings. The molecule has 0 aromatic heterocycles. The molecule has 1 rings (SSSR count). The first-order valence-electron chi connectivity index (χ1n) is 6.75. The lowest BCUT2D eigenvalue weighted by Gasteiger charge is -2.40. The number of likely N-dealkylation sites (N-methyl/N-ethyl adjacent to an activating group) is 1. The van der Waals surface area contributed by atoms with Gasteiger partial charge in [0, 0.05) is 13.1 Å². The fraction of sp³-hybridized carbons (Fsp3) is 0.769. The molecule has 1 aliphatic rings. The summed E-state index contributed by atoms with van der Waals surface area (Å²) in [6.45, 7) is 5.45. The predicted molar refractivity (Wildman–Crippen MR) is 72.8 cm³/mol. The average molecular weight is 302 g/mol. The molecule has 1 atom stereocenters. The van der Waals surface area contributed by atoms with Crippen LogP contribution in [-0.2, 0) is 19.1 Å². The van der Waals surface area contributed by atoms with Crippen LogP contribution in [-0.4, -0.2) is 77.9 Å². The Morgan fingerprint density at radius 2 is 2.05 bits per heavy atom.